The van der Waals surface area contributed by atoms with Crippen LogP contribution >= 0.6 is 12.2 Å². The monoisotopic (exact) mass is 194 g/mol. The molecule has 5 heteroatoms. The van der Waals surface area contributed by atoms with Crippen LogP contribution in [-0.2, 0) is 4.79 Å². The Morgan fingerprint density at radius 3 is 2.46 bits per heavy atom. The molecule has 1 aromatic rings. The van der Waals surface area contributed by atoms with E-state index in [9.17, 15) is 4.79 Å². The molecule has 0 amide bonds. The van der Waals surface area contributed by atoms with Crippen LogP contribution in [0, 0.1) is 0 Å². The summed E-state index contributed by atoms with van der Waals surface area (Å²) in [6.07, 6.45) is 0. The molecule has 0 fully saturated rings. The molecule has 0 spiro atoms. The van der Waals surface area contributed by atoms with Gasteiger partial charge in [-0.1, -0.05) is 18.2 Å². The van der Waals surface area contributed by atoms with Crippen molar-refractivity contribution in [2.24, 2.45) is 10.2 Å². The predicted molar refractivity (Wildman–Crippen MR) is 51.2 cm³/mol. The Morgan fingerprint density at radius 1 is 1.31 bits per heavy atom. The van der Waals surface area contributed by atoms with Crippen molar-refractivity contribution in [3.63, 3.8) is 0 Å². The number of aliphatic carboxylic acids is 1. The molecular weight excluding hydrogens is 188 g/mol. The zero-order valence-corrected chi connectivity index (χ0v) is 7.36. The largest absolute Gasteiger partial charge is 0.476 e. The van der Waals surface area contributed by atoms with Gasteiger partial charge in [0.05, 0.1) is 5.69 Å². The van der Waals surface area contributed by atoms with Crippen LogP contribution in [0.5, 0.6) is 0 Å². The Morgan fingerprint density at radius 2 is 1.92 bits per heavy atom. The SMILES string of the molecule is O=C(O)C(=S)N=Nc1ccccc1. The number of carboxylic acid groups (broad SMARTS) is 1. The molecule has 1 rings (SSSR count). The van der Waals surface area contributed by atoms with Gasteiger partial charge >= 0.3 is 5.97 Å². The van der Waals surface area contributed by atoms with Gasteiger partial charge in [-0.25, -0.2) is 4.79 Å². The van der Waals surface area contributed by atoms with E-state index in [0.29, 0.717) is 5.69 Å². The van der Waals surface area contributed by atoms with Crippen molar-refractivity contribution < 1.29 is 9.90 Å². The lowest BCUT2D eigenvalue weighted by Gasteiger charge is -1.89. The molecule has 0 heterocycles. The number of rotatable bonds is 1. The summed E-state index contributed by atoms with van der Waals surface area (Å²) in [5, 5.41) is 15.3. The standard InChI is InChI=1S/C8H6N2O2S/c11-8(12)7(13)10-9-6-4-2-1-3-5-6/h1-5H,(H,11,12). The summed E-state index contributed by atoms with van der Waals surface area (Å²) in [6.45, 7) is 0. The zero-order valence-electron chi connectivity index (χ0n) is 6.54. The Balaban J connectivity index is 2.70. The van der Waals surface area contributed by atoms with Gasteiger partial charge in [0.2, 0.25) is 4.99 Å². The van der Waals surface area contributed by atoms with Crippen molar-refractivity contribution >= 4 is 28.9 Å². The number of azo groups is 1. The van der Waals surface area contributed by atoms with Gasteiger partial charge in [-0.15, -0.1) is 10.2 Å². The molecule has 0 unspecified atom stereocenters. The Kier molecular flexibility index (Phi) is 3.22. The van der Waals surface area contributed by atoms with Crippen LogP contribution in [-0.4, -0.2) is 16.1 Å². The first kappa shape index (κ1) is 9.47. The van der Waals surface area contributed by atoms with E-state index < -0.39 is 11.0 Å². The van der Waals surface area contributed by atoms with E-state index in [1.165, 1.54) is 0 Å². The molecule has 0 radical (unpaired) electrons. The minimum atomic E-state index is -1.24. The fraction of sp³-hybridized carbons (Fsp3) is 0. The number of carbonyl (C=O) groups is 1. The number of thiocarbonyl (C=S) groups is 1. The summed E-state index contributed by atoms with van der Waals surface area (Å²) in [5.74, 6) is -1.24. The normalized spacial score (nSPS) is 10.2. The summed E-state index contributed by atoms with van der Waals surface area (Å²) in [4.78, 5) is 9.78. The van der Waals surface area contributed by atoms with Crippen LogP contribution in [0.25, 0.3) is 0 Å². The van der Waals surface area contributed by atoms with Gasteiger partial charge in [0.25, 0.3) is 0 Å². The minimum absolute atomic E-state index is 0.441. The highest BCUT2D eigenvalue weighted by Crippen LogP contribution is 2.09. The third-order valence-electron chi connectivity index (χ3n) is 1.20. The molecular formula is C8H6N2O2S. The van der Waals surface area contributed by atoms with E-state index in [2.05, 4.69) is 22.4 Å². The van der Waals surface area contributed by atoms with Gasteiger partial charge in [0.15, 0.2) is 0 Å². The molecule has 0 bridgehead atoms. The van der Waals surface area contributed by atoms with E-state index in [1.807, 2.05) is 6.07 Å². The van der Waals surface area contributed by atoms with Crippen molar-refractivity contribution in [3.8, 4) is 0 Å². The second kappa shape index (κ2) is 4.42. The van der Waals surface area contributed by atoms with Crippen molar-refractivity contribution in [2.75, 3.05) is 0 Å². The number of hydrogen-bond donors (Lipinski definition) is 1. The average molecular weight is 194 g/mol. The fourth-order valence-electron chi connectivity index (χ4n) is 0.641. The smallest absolute Gasteiger partial charge is 0.367 e. The summed E-state index contributed by atoms with van der Waals surface area (Å²) in [6, 6.07) is 8.78. The molecule has 0 atom stereocenters. The molecule has 4 nitrogen and oxygen atoms in total. The summed E-state index contributed by atoms with van der Waals surface area (Å²) >= 11 is 4.42. The molecule has 1 N–H and O–H groups in total. The van der Waals surface area contributed by atoms with Crippen LogP contribution in [0.2, 0.25) is 0 Å². The van der Waals surface area contributed by atoms with E-state index >= 15 is 0 Å². The van der Waals surface area contributed by atoms with Crippen LogP contribution in [0.1, 0.15) is 0 Å². The van der Waals surface area contributed by atoms with Crippen molar-refractivity contribution in [3.05, 3.63) is 30.3 Å². The lowest BCUT2D eigenvalue weighted by atomic mass is 10.3. The molecule has 0 aliphatic carbocycles. The van der Waals surface area contributed by atoms with Crippen LogP contribution in [0.15, 0.2) is 40.6 Å². The molecule has 0 saturated heterocycles. The Hall–Kier alpha value is -1.62. The van der Waals surface area contributed by atoms with Crippen LogP contribution in [0.4, 0.5) is 5.69 Å². The first-order valence-electron chi connectivity index (χ1n) is 3.44. The zero-order chi connectivity index (χ0) is 9.68. The lowest BCUT2D eigenvalue weighted by molar-refractivity contribution is -0.129. The van der Waals surface area contributed by atoms with Gasteiger partial charge in [-0.05, 0) is 24.4 Å². The average Bonchev–Trinajstić information content (AvgIpc) is 2.15. The van der Waals surface area contributed by atoms with Gasteiger partial charge in [0, 0.05) is 0 Å². The van der Waals surface area contributed by atoms with Crippen LogP contribution < -0.4 is 0 Å². The fourth-order valence-corrected chi connectivity index (χ4v) is 0.681. The number of hydrogen-bond acceptors (Lipinski definition) is 3. The molecule has 0 aliphatic rings. The first-order valence-corrected chi connectivity index (χ1v) is 3.85. The summed E-state index contributed by atoms with van der Waals surface area (Å²) in [5.41, 5.74) is 0.575. The summed E-state index contributed by atoms with van der Waals surface area (Å²) < 4.78 is 0. The molecule has 66 valence electrons. The topological polar surface area (TPSA) is 62.0 Å². The van der Waals surface area contributed by atoms with Crippen molar-refractivity contribution in [2.45, 2.75) is 0 Å². The maximum atomic E-state index is 10.2. The number of benzene rings is 1. The minimum Gasteiger partial charge on any atom is -0.476 e. The van der Waals surface area contributed by atoms with E-state index in [1.54, 1.807) is 24.3 Å². The highest BCUT2D eigenvalue weighted by Gasteiger charge is 2.02. The van der Waals surface area contributed by atoms with Gasteiger partial charge in [-0.2, -0.15) is 0 Å². The maximum Gasteiger partial charge on any atom is 0.367 e. The van der Waals surface area contributed by atoms with E-state index in [4.69, 9.17) is 5.11 Å². The Labute approximate surface area is 79.9 Å². The number of nitrogens with zero attached hydrogens (tertiary/aromatic N) is 2. The number of carboxylic acids is 1. The molecule has 0 saturated carbocycles. The lowest BCUT2D eigenvalue weighted by Crippen LogP contribution is -2.05. The van der Waals surface area contributed by atoms with Crippen LogP contribution in [0.3, 0.4) is 0 Å². The maximum absolute atomic E-state index is 10.2. The van der Waals surface area contributed by atoms with Gasteiger partial charge in [0.1, 0.15) is 0 Å². The van der Waals surface area contributed by atoms with Crippen molar-refractivity contribution in [1.82, 2.24) is 0 Å². The molecule has 0 aromatic heterocycles. The third-order valence-corrected chi connectivity index (χ3v) is 1.45. The second-order valence-corrected chi connectivity index (χ2v) is 2.53. The quantitative estimate of drug-likeness (QED) is 0.550. The predicted octanol–water partition coefficient (Wildman–Crippen LogP) is 2.18. The molecule has 13 heavy (non-hydrogen) atoms. The summed E-state index contributed by atoms with van der Waals surface area (Å²) in [7, 11) is 0. The van der Waals surface area contributed by atoms with Gasteiger partial charge < -0.3 is 5.11 Å². The van der Waals surface area contributed by atoms with Gasteiger partial charge in [-0.3, -0.25) is 0 Å². The third kappa shape index (κ3) is 3.08. The first-order chi connectivity index (χ1) is 6.20. The van der Waals surface area contributed by atoms with E-state index in [0.717, 1.165) is 0 Å². The van der Waals surface area contributed by atoms with E-state index in [-0.39, 0.29) is 0 Å². The highest BCUT2D eigenvalue weighted by atomic mass is 32.1. The molecule has 0 aliphatic heterocycles. The van der Waals surface area contributed by atoms with Crippen molar-refractivity contribution in [1.29, 1.82) is 0 Å². The second-order valence-electron chi connectivity index (χ2n) is 2.15. The molecule has 1 aromatic carbocycles. The highest BCUT2D eigenvalue weighted by molar-refractivity contribution is 7.82. The Bertz CT molecular complexity index is 348.